The number of pyridine rings is 1. The number of nitrogens with one attached hydrogen (secondary N) is 1. The molecule has 2 rings (SSSR count). The fourth-order valence-electron chi connectivity index (χ4n) is 1.64. The van der Waals surface area contributed by atoms with Crippen LogP contribution in [0.25, 0.3) is 0 Å². The van der Waals surface area contributed by atoms with Crippen LogP contribution in [0.3, 0.4) is 0 Å². The van der Waals surface area contributed by atoms with E-state index in [9.17, 15) is 13.2 Å². The minimum Gasteiger partial charge on any atom is -0.318 e. The molecular weight excluding hydrogens is 264 g/mol. The summed E-state index contributed by atoms with van der Waals surface area (Å²) in [5.74, 6) is 0. The maximum Gasteiger partial charge on any atom is 0.254 e. The van der Waals surface area contributed by atoms with Crippen molar-refractivity contribution < 1.29 is 8.42 Å². The maximum atomic E-state index is 12.0. The summed E-state index contributed by atoms with van der Waals surface area (Å²) in [6, 6.07) is 11.4. The van der Waals surface area contributed by atoms with Gasteiger partial charge in [-0.25, -0.2) is 13.1 Å². The summed E-state index contributed by atoms with van der Waals surface area (Å²) in [7, 11) is -1.96. The fourth-order valence-corrected chi connectivity index (χ4v) is 2.67. The highest BCUT2D eigenvalue weighted by Gasteiger charge is 2.13. The monoisotopic (exact) mass is 278 g/mol. The van der Waals surface area contributed by atoms with Crippen LogP contribution < -0.4 is 10.3 Å². The van der Waals surface area contributed by atoms with Crippen molar-refractivity contribution in [2.75, 3.05) is 0 Å². The van der Waals surface area contributed by atoms with Crippen molar-refractivity contribution >= 4 is 10.0 Å². The van der Waals surface area contributed by atoms with Crippen LogP contribution in [-0.2, 0) is 23.6 Å². The molecule has 5 nitrogen and oxygen atoms in total. The second-order valence-corrected chi connectivity index (χ2v) is 5.85. The number of hydrogen-bond donors (Lipinski definition) is 1. The summed E-state index contributed by atoms with van der Waals surface area (Å²) < 4.78 is 27.8. The summed E-state index contributed by atoms with van der Waals surface area (Å²) in [6.45, 7) is -0.0231. The van der Waals surface area contributed by atoms with Gasteiger partial charge >= 0.3 is 0 Å². The van der Waals surface area contributed by atoms with Gasteiger partial charge in [-0.2, -0.15) is 0 Å². The van der Waals surface area contributed by atoms with Gasteiger partial charge in [-0.3, -0.25) is 4.79 Å². The Kier molecular flexibility index (Phi) is 3.82. The Morgan fingerprint density at radius 2 is 1.79 bits per heavy atom. The van der Waals surface area contributed by atoms with Crippen LogP contribution in [0.2, 0.25) is 0 Å². The van der Waals surface area contributed by atoms with Crippen LogP contribution in [0.15, 0.2) is 58.4 Å². The molecule has 0 aliphatic carbocycles. The van der Waals surface area contributed by atoms with Crippen molar-refractivity contribution in [1.82, 2.24) is 9.29 Å². The molecule has 0 saturated heterocycles. The van der Waals surface area contributed by atoms with E-state index in [4.69, 9.17) is 0 Å². The number of hydrogen-bond acceptors (Lipinski definition) is 3. The highest BCUT2D eigenvalue weighted by molar-refractivity contribution is 7.89. The van der Waals surface area contributed by atoms with Crippen molar-refractivity contribution in [3.05, 3.63) is 64.6 Å². The van der Waals surface area contributed by atoms with E-state index >= 15 is 0 Å². The average molecular weight is 278 g/mol. The van der Waals surface area contributed by atoms with E-state index in [1.165, 1.54) is 16.7 Å². The minimum atomic E-state index is -3.59. The van der Waals surface area contributed by atoms with Crippen LogP contribution in [0.4, 0.5) is 0 Å². The van der Waals surface area contributed by atoms with E-state index in [0.29, 0.717) is 5.56 Å². The van der Waals surface area contributed by atoms with Crippen LogP contribution in [0.1, 0.15) is 5.56 Å². The van der Waals surface area contributed by atoms with E-state index in [1.54, 1.807) is 43.6 Å². The highest BCUT2D eigenvalue weighted by atomic mass is 32.2. The van der Waals surface area contributed by atoms with Crippen molar-refractivity contribution in [3.8, 4) is 0 Å². The smallest absolute Gasteiger partial charge is 0.254 e. The van der Waals surface area contributed by atoms with Gasteiger partial charge in [-0.05, 0) is 18.2 Å². The lowest BCUT2D eigenvalue weighted by atomic mass is 10.3. The number of benzene rings is 1. The Balaban J connectivity index is 2.19. The molecule has 0 radical (unpaired) electrons. The minimum absolute atomic E-state index is 0.0231. The van der Waals surface area contributed by atoms with Gasteiger partial charge in [-0.15, -0.1) is 0 Å². The van der Waals surface area contributed by atoms with E-state index in [2.05, 4.69) is 4.72 Å². The number of sulfonamides is 1. The predicted octanol–water partition coefficient (Wildman–Crippen LogP) is 0.864. The van der Waals surface area contributed by atoms with Gasteiger partial charge in [0.2, 0.25) is 10.0 Å². The highest BCUT2D eigenvalue weighted by Crippen LogP contribution is 2.07. The second kappa shape index (κ2) is 5.38. The van der Waals surface area contributed by atoms with Gasteiger partial charge in [0.05, 0.1) is 4.90 Å². The summed E-state index contributed by atoms with van der Waals surface area (Å²) >= 11 is 0. The predicted molar refractivity (Wildman–Crippen MR) is 72.2 cm³/mol. The van der Waals surface area contributed by atoms with Gasteiger partial charge in [0.25, 0.3) is 5.56 Å². The first-order chi connectivity index (χ1) is 9.00. The molecule has 19 heavy (non-hydrogen) atoms. The lowest BCUT2D eigenvalue weighted by Gasteiger charge is -2.07. The molecule has 0 unspecified atom stereocenters. The van der Waals surface area contributed by atoms with Gasteiger partial charge in [0.15, 0.2) is 0 Å². The lowest BCUT2D eigenvalue weighted by Crippen LogP contribution is -2.28. The van der Waals surface area contributed by atoms with Gasteiger partial charge in [0.1, 0.15) is 0 Å². The van der Waals surface area contributed by atoms with E-state index < -0.39 is 10.0 Å². The second-order valence-electron chi connectivity index (χ2n) is 4.09. The van der Waals surface area contributed by atoms with E-state index in [1.807, 2.05) is 0 Å². The first kappa shape index (κ1) is 13.5. The topological polar surface area (TPSA) is 68.2 Å². The molecule has 0 spiro atoms. The zero-order valence-corrected chi connectivity index (χ0v) is 11.2. The standard InChI is InChI=1S/C13H14N2O3S/c1-15-9-5-6-11(13(15)16)10-14-19(17,18)12-7-3-2-4-8-12/h2-9,14H,10H2,1H3. The SMILES string of the molecule is Cn1cccc(CNS(=O)(=O)c2ccccc2)c1=O. The largest absolute Gasteiger partial charge is 0.318 e. The quantitative estimate of drug-likeness (QED) is 0.902. The normalized spacial score (nSPS) is 11.4. The van der Waals surface area contributed by atoms with Crippen molar-refractivity contribution in [1.29, 1.82) is 0 Å². The van der Waals surface area contributed by atoms with Gasteiger partial charge < -0.3 is 4.57 Å². The molecule has 0 atom stereocenters. The van der Waals surface area contributed by atoms with Crippen LogP contribution >= 0.6 is 0 Å². The zero-order valence-electron chi connectivity index (χ0n) is 10.4. The van der Waals surface area contributed by atoms with Crippen LogP contribution in [-0.4, -0.2) is 13.0 Å². The maximum absolute atomic E-state index is 12.0. The summed E-state index contributed by atoms with van der Waals surface area (Å²) in [5, 5.41) is 0. The Hall–Kier alpha value is -1.92. The Morgan fingerprint density at radius 3 is 2.47 bits per heavy atom. The molecule has 100 valence electrons. The molecule has 0 saturated carbocycles. The molecule has 1 heterocycles. The molecule has 0 aliphatic rings. The lowest BCUT2D eigenvalue weighted by molar-refractivity contribution is 0.580. The average Bonchev–Trinajstić information content (AvgIpc) is 2.41. The number of aryl methyl sites for hydroxylation is 1. The van der Waals surface area contributed by atoms with E-state index in [-0.39, 0.29) is 17.0 Å². The third-order valence-corrected chi connectivity index (χ3v) is 4.13. The van der Waals surface area contributed by atoms with Crippen LogP contribution in [0, 0.1) is 0 Å². The number of nitrogens with zero attached hydrogens (tertiary/aromatic N) is 1. The molecular formula is C13H14N2O3S. The number of aromatic nitrogens is 1. The Morgan fingerprint density at radius 1 is 1.11 bits per heavy atom. The fraction of sp³-hybridized carbons (Fsp3) is 0.154. The molecule has 0 fully saturated rings. The molecule has 0 bridgehead atoms. The first-order valence-electron chi connectivity index (χ1n) is 5.70. The zero-order chi connectivity index (χ0) is 13.9. The van der Waals surface area contributed by atoms with Crippen molar-refractivity contribution in [2.24, 2.45) is 7.05 Å². The van der Waals surface area contributed by atoms with E-state index in [0.717, 1.165) is 0 Å². The molecule has 6 heteroatoms. The first-order valence-corrected chi connectivity index (χ1v) is 7.18. The van der Waals surface area contributed by atoms with Crippen molar-refractivity contribution in [3.63, 3.8) is 0 Å². The molecule has 0 aliphatic heterocycles. The molecule has 1 aromatic carbocycles. The van der Waals surface area contributed by atoms with Crippen LogP contribution in [0.5, 0.6) is 0 Å². The molecule has 1 aromatic heterocycles. The molecule has 0 amide bonds. The molecule has 1 N–H and O–H groups in total. The summed E-state index contributed by atoms with van der Waals surface area (Å²) in [4.78, 5) is 11.9. The van der Waals surface area contributed by atoms with Crippen molar-refractivity contribution in [2.45, 2.75) is 11.4 Å². The van der Waals surface area contributed by atoms with Gasteiger partial charge in [0, 0.05) is 25.4 Å². The Labute approximate surface area is 111 Å². The number of rotatable bonds is 4. The third kappa shape index (κ3) is 3.10. The van der Waals surface area contributed by atoms with Gasteiger partial charge in [-0.1, -0.05) is 24.3 Å². The molecule has 2 aromatic rings. The summed E-state index contributed by atoms with van der Waals surface area (Å²) in [6.07, 6.45) is 1.62. The summed E-state index contributed by atoms with van der Waals surface area (Å²) in [5.41, 5.74) is 0.197. The third-order valence-electron chi connectivity index (χ3n) is 2.71. The Bertz CT molecular complexity index is 721.